The van der Waals surface area contributed by atoms with Crippen molar-refractivity contribution in [3.05, 3.63) is 71.6 Å². The molecule has 3 N–H and O–H groups in total. The Morgan fingerprint density at radius 2 is 2.03 bits per heavy atom. The number of allylic oxidation sites excluding steroid dienone is 2. The lowest BCUT2D eigenvalue weighted by molar-refractivity contribution is 0.126. The molecule has 206 valence electrons. The summed E-state index contributed by atoms with van der Waals surface area (Å²) in [4.78, 5) is 8.57. The van der Waals surface area contributed by atoms with Gasteiger partial charge in [-0.15, -0.1) is 0 Å². The number of aliphatic hydroxyl groups excluding tert-OH is 1. The molecule has 3 aliphatic rings. The summed E-state index contributed by atoms with van der Waals surface area (Å²) in [5.41, 5.74) is 5.98. The number of aromatic nitrogens is 1. The maximum atomic E-state index is 12.6. The Bertz CT molecular complexity index is 1170. The van der Waals surface area contributed by atoms with Crippen molar-refractivity contribution in [2.24, 2.45) is 5.92 Å². The van der Waals surface area contributed by atoms with Crippen LogP contribution in [0.25, 0.3) is 10.9 Å². The molecule has 0 unspecified atom stereocenters. The third-order valence-electron chi connectivity index (χ3n) is 9.00. The molecule has 0 bridgehead atoms. The molecule has 0 radical (unpaired) electrons. The number of nitrogens with one attached hydrogen (secondary N) is 2. The van der Waals surface area contributed by atoms with E-state index in [9.17, 15) is 9.50 Å². The Labute approximate surface area is 227 Å². The van der Waals surface area contributed by atoms with Gasteiger partial charge in [-0.05, 0) is 68.9 Å². The molecule has 6 heteroatoms. The van der Waals surface area contributed by atoms with Gasteiger partial charge in [-0.25, -0.2) is 0 Å². The first-order valence-electron chi connectivity index (χ1n) is 14.6. The molecule has 1 aromatic carbocycles. The largest absolute Gasteiger partial charge is 0.390 e. The Balaban J connectivity index is 1.34. The van der Waals surface area contributed by atoms with Gasteiger partial charge in [0, 0.05) is 48.0 Å². The van der Waals surface area contributed by atoms with E-state index in [-0.39, 0.29) is 18.8 Å². The van der Waals surface area contributed by atoms with Crippen molar-refractivity contribution in [3.63, 3.8) is 0 Å². The number of alkyl halides is 1. The van der Waals surface area contributed by atoms with Gasteiger partial charge in [0.15, 0.2) is 0 Å². The van der Waals surface area contributed by atoms with E-state index in [2.05, 4.69) is 70.0 Å². The summed E-state index contributed by atoms with van der Waals surface area (Å²) in [7, 11) is 0. The number of aliphatic hydroxyl groups is 1. The minimum Gasteiger partial charge on any atom is -0.390 e. The number of benzene rings is 1. The second kappa shape index (κ2) is 12.2. The van der Waals surface area contributed by atoms with E-state index in [1.165, 1.54) is 47.8 Å². The van der Waals surface area contributed by atoms with Crippen LogP contribution in [0.1, 0.15) is 63.3 Å². The lowest BCUT2D eigenvalue weighted by Crippen LogP contribution is -2.43. The van der Waals surface area contributed by atoms with Crippen molar-refractivity contribution in [2.45, 2.75) is 76.6 Å². The van der Waals surface area contributed by atoms with E-state index >= 15 is 0 Å². The standard InChI is InChI=1S/C32H45FN4O/c1-4-25(34-29-20-36(17-8-16-33)21-30(29)38)14-13-22(2)32-31-27(26-11-5-6-12-28(26)35-31)19-23(3)37(32)18-15-24-9-7-10-24/h4-6,11-14,23-24,29-30,32,34-35,38H,2,7-10,15-21H2,1,3H3/b14-13-,25-4+/t23-,29-,30-,32-/m1/s1. The van der Waals surface area contributed by atoms with Gasteiger partial charge in [0.25, 0.3) is 0 Å². The van der Waals surface area contributed by atoms with E-state index in [1.807, 2.05) is 13.0 Å². The van der Waals surface area contributed by atoms with Crippen LogP contribution < -0.4 is 5.32 Å². The number of halogens is 1. The monoisotopic (exact) mass is 520 g/mol. The van der Waals surface area contributed by atoms with Crippen LogP contribution in [0.4, 0.5) is 4.39 Å². The van der Waals surface area contributed by atoms with Gasteiger partial charge >= 0.3 is 0 Å². The number of β-amino-alcohol motifs (C(OH)–C–C–N with tert-alkyl or cyclic N) is 1. The molecular weight excluding hydrogens is 475 g/mol. The third kappa shape index (κ3) is 5.78. The molecule has 4 atom stereocenters. The molecule has 0 spiro atoms. The molecule has 0 amide bonds. The van der Waals surface area contributed by atoms with Crippen molar-refractivity contribution in [2.75, 3.05) is 32.9 Å². The molecule has 38 heavy (non-hydrogen) atoms. The molecule has 5 rings (SSSR count). The highest BCUT2D eigenvalue weighted by Gasteiger charge is 2.36. The maximum Gasteiger partial charge on any atom is 0.0906 e. The first kappa shape index (κ1) is 27.2. The predicted molar refractivity (Wildman–Crippen MR) is 155 cm³/mol. The minimum atomic E-state index is -0.462. The number of nitrogens with zero attached hydrogens (tertiary/aromatic N) is 2. The van der Waals surface area contributed by atoms with Gasteiger partial charge < -0.3 is 15.4 Å². The predicted octanol–water partition coefficient (Wildman–Crippen LogP) is 5.66. The first-order chi connectivity index (χ1) is 18.5. The number of likely N-dealkylation sites (tertiary alicyclic amines) is 1. The van der Waals surface area contributed by atoms with E-state index in [4.69, 9.17) is 0 Å². The quantitative estimate of drug-likeness (QED) is 0.335. The molecule has 5 nitrogen and oxygen atoms in total. The summed E-state index contributed by atoms with van der Waals surface area (Å²) in [6.07, 6.45) is 12.8. The van der Waals surface area contributed by atoms with Crippen molar-refractivity contribution < 1.29 is 9.50 Å². The molecule has 2 fully saturated rings. The number of hydrogen-bond acceptors (Lipinski definition) is 4. The van der Waals surface area contributed by atoms with Crippen molar-refractivity contribution in [3.8, 4) is 0 Å². The van der Waals surface area contributed by atoms with Crippen LogP contribution in [0.3, 0.4) is 0 Å². The van der Waals surface area contributed by atoms with E-state index in [0.29, 0.717) is 25.6 Å². The van der Waals surface area contributed by atoms with Crippen LogP contribution in [-0.4, -0.2) is 70.9 Å². The van der Waals surface area contributed by atoms with E-state index < -0.39 is 6.10 Å². The lowest BCUT2D eigenvalue weighted by Gasteiger charge is -2.42. The zero-order valence-electron chi connectivity index (χ0n) is 23.1. The summed E-state index contributed by atoms with van der Waals surface area (Å²) in [6.45, 7) is 11.8. The number of fused-ring (bicyclic) bond motifs is 3. The average molecular weight is 521 g/mol. The smallest absolute Gasteiger partial charge is 0.0906 e. The number of rotatable bonds is 11. The number of aromatic amines is 1. The minimum absolute atomic E-state index is 0.0623. The second-order valence-corrected chi connectivity index (χ2v) is 11.6. The summed E-state index contributed by atoms with van der Waals surface area (Å²) in [5.74, 6) is 0.872. The summed E-state index contributed by atoms with van der Waals surface area (Å²) >= 11 is 0. The number of hydrogen-bond donors (Lipinski definition) is 3. The summed E-state index contributed by atoms with van der Waals surface area (Å²) in [5, 5.41) is 15.4. The highest BCUT2D eigenvalue weighted by molar-refractivity contribution is 5.85. The van der Waals surface area contributed by atoms with Gasteiger partial charge in [0.2, 0.25) is 0 Å². The van der Waals surface area contributed by atoms with Gasteiger partial charge in [-0.2, -0.15) is 0 Å². The average Bonchev–Trinajstić information content (AvgIpc) is 3.43. The Morgan fingerprint density at radius 3 is 2.76 bits per heavy atom. The fourth-order valence-electron chi connectivity index (χ4n) is 6.57. The molecule has 1 saturated heterocycles. The van der Waals surface area contributed by atoms with Crippen LogP contribution in [0, 0.1) is 5.92 Å². The van der Waals surface area contributed by atoms with Crippen LogP contribution in [-0.2, 0) is 6.42 Å². The van der Waals surface area contributed by atoms with E-state index in [0.717, 1.165) is 36.7 Å². The SMILES string of the molecule is C=C(/C=C\C(=C/C)N[C@@H]1CN(CCCF)C[C@H]1O)[C@@H]1c2[nH]c3ccccc3c2C[C@@H](C)N1CCC1CCC1. The molecular formula is C32H45FN4O. The Hall–Kier alpha value is -2.41. The molecule has 2 aromatic rings. The normalized spacial score (nSPS) is 27.2. The molecule has 3 heterocycles. The molecule has 2 aliphatic heterocycles. The van der Waals surface area contributed by atoms with Crippen molar-refractivity contribution >= 4 is 10.9 Å². The third-order valence-corrected chi connectivity index (χ3v) is 9.00. The van der Waals surface area contributed by atoms with Gasteiger partial charge in [0.05, 0.1) is 24.9 Å². The van der Waals surface area contributed by atoms with Gasteiger partial charge in [-0.3, -0.25) is 14.2 Å². The van der Waals surface area contributed by atoms with Crippen LogP contribution >= 0.6 is 0 Å². The first-order valence-corrected chi connectivity index (χ1v) is 14.6. The van der Waals surface area contributed by atoms with E-state index in [1.54, 1.807) is 0 Å². The highest BCUT2D eigenvalue weighted by Crippen LogP contribution is 2.42. The fraction of sp³-hybridized carbons (Fsp3) is 0.562. The maximum absolute atomic E-state index is 12.6. The lowest BCUT2D eigenvalue weighted by atomic mass is 9.82. The fourth-order valence-corrected chi connectivity index (χ4v) is 6.57. The van der Waals surface area contributed by atoms with Crippen molar-refractivity contribution in [1.82, 2.24) is 20.1 Å². The zero-order valence-corrected chi connectivity index (χ0v) is 23.1. The number of H-pyrrole nitrogens is 1. The van der Waals surface area contributed by atoms with Crippen LogP contribution in [0.2, 0.25) is 0 Å². The number of para-hydroxylation sites is 1. The summed E-state index contributed by atoms with van der Waals surface area (Å²) < 4.78 is 12.6. The van der Waals surface area contributed by atoms with Gasteiger partial charge in [-0.1, -0.05) is 56.2 Å². The highest BCUT2D eigenvalue weighted by atomic mass is 19.1. The molecule has 1 aromatic heterocycles. The Kier molecular flexibility index (Phi) is 8.71. The Morgan fingerprint density at radius 1 is 1.21 bits per heavy atom. The van der Waals surface area contributed by atoms with Crippen LogP contribution in [0.5, 0.6) is 0 Å². The molecule has 1 aliphatic carbocycles. The zero-order chi connectivity index (χ0) is 26.6. The van der Waals surface area contributed by atoms with Crippen LogP contribution in [0.15, 0.2) is 60.3 Å². The molecule has 1 saturated carbocycles. The topological polar surface area (TPSA) is 54.5 Å². The van der Waals surface area contributed by atoms with Gasteiger partial charge in [0.1, 0.15) is 0 Å². The second-order valence-electron chi connectivity index (χ2n) is 11.6. The van der Waals surface area contributed by atoms with Crippen molar-refractivity contribution in [1.29, 1.82) is 0 Å². The summed E-state index contributed by atoms with van der Waals surface area (Å²) in [6, 6.07) is 9.15.